The van der Waals surface area contributed by atoms with Gasteiger partial charge in [0.2, 0.25) is 0 Å². The van der Waals surface area contributed by atoms with Gasteiger partial charge in [0.15, 0.2) is 17.2 Å². The van der Waals surface area contributed by atoms with E-state index in [1.807, 2.05) is 6.07 Å². The molecule has 2 aromatic rings. The average molecular weight is 485 g/mol. The van der Waals surface area contributed by atoms with E-state index >= 15 is 0 Å². The molecule has 3 N–H and O–H groups in total. The van der Waals surface area contributed by atoms with Gasteiger partial charge >= 0.3 is 0 Å². The molecule has 0 bridgehead atoms. The Morgan fingerprint density at radius 3 is 2.76 bits per heavy atom. The number of pyridine rings is 1. The SMILES string of the molecule is C[C@H]1CC2(CCN(c3ncc(Sc4ccnc5c4NC(=O)C4(COC4)N5)nc3CO)CC2)CO1. The minimum Gasteiger partial charge on any atom is -0.390 e. The number of fused-ring (bicyclic) bond motifs is 1. The fourth-order valence-corrected chi connectivity index (χ4v) is 6.16. The number of nitrogens with one attached hydrogen (secondary N) is 2. The maximum absolute atomic E-state index is 12.6. The fraction of sp³-hybridized carbons (Fsp3) is 0.565. The molecule has 3 fully saturated rings. The van der Waals surface area contributed by atoms with Gasteiger partial charge in [0.05, 0.1) is 44.4 Å². The van der Waals surface area contributed by atoms with Gasteiger partial charge in [-0.15, -0.1) is 0 Å². The van der Waals surface area contributed by atoms with E-state index in [1.165, 1.54) is 11.8 Å². The molecule has 6 rings (SSSR count). The smallest absolute Gasteiger partial charge is 0.255 e. The Balaban J connectivity index is 1.20. The van der Waals surface area contributed by atoms with Crippen LogP contribution in [0.3, 0.4) is 0 Å². The second-order valence-corrected chi connectivity index (χ2v) is 10.8. The molecule has 0 aliphatic carbocycles. The van der Waals surface area contributed by atoms with Crippen molar-refractivity contribution in [1.82, 2.24) is 15.0 Å². The van der Waals surface area contributed by atoms with E-state index in [4.69, 9.17) is 14.5 Å². The van der Waals surface area contributed by atoms with Crippen molar-refractivity contribution in [1.29, 1.82) is 0 Å². The second-order valence-electron chi connectivity index (χ2n) is 9.74. The summed E-state index contributed by atoms with van der Waals surface area (Å²) in [6.45, 7) is 5.21. The molecule has 0 radical (unpaired) electrons. The summed E-state index contributed by atoms with van der Waals surface area (Å²) in [6.07, 6.45) is 7.00. The van der Waals surface area contributed by atoms with Crippen LogP contribution in [0.4, 0.5) is 17.3 Å². The van der Waals surface area contributed by atoms with Crippen molar-refractivity contribution in [3.05, 3.63) is 24.2 Å². The fourth-order valence-electron chi connectivity index (χ4n) is 5.29. The molecule has 0 saturated carbocycles. The summed E-state index contributed by atoms with van der Waals surface area (Å²) in [7, 11) is 0. The van der Waals surface area contributed by atoms with Gasteiger partial charge in [0.25, 0.3) is 5.91 Å². The quantitative estimate of drug-likeness (QED) is 0.594. The Bertz CT molecular complexity index is 1120. The molecule has 4 aliphatic heterocycles. The van der Waals surface area contributed by atoms with E-state index in [2.05, 4.69) is 32.4 Å². The van der Waals surface area contributed by atoms with Crippen molar-refractivity contribution in [3.63, 3.8) is 0 Å². The molecule has 10 nitrogen and oxygen atoms in total. The molecule has 0 unspecified atom stereocenters. The first-order valence-corrected chi connectivity index (χ1v) is 12.5. The van der Waals surface area contributed by atoms with Crippen LogP contribution in [0.25, 0.3) is 0 Å². The van der Waals surface area contributed by atoms with Gasteiger partial charge < -0.3 is 30.1 Å². The summed E-state index contributed by atoms with van der Waals surface area (Å²) >= 11 is 1.38. The number of aliphatic hydroxyl groups excluding tert-OH is 1. The number of carbonyl (C=O) groups is 1. The maximum atomic E-state index is 12.6. The summed E-state index contributed by atoms with van der Waals surface area (Å²) in [6, 6.07) is 1.84. The predicted octanol–water partition coefficient (Wildman–Crippen LogP) is 2.04. The number of ether oxygens (including phenoxy) is 2. The van der Waals surface area contributed by atoms with Gasteiger partial charge in [-0.1, -0.05) is 11.8 Å². The van der Waals surface area contributed by atoms with Crippen LogP contribution >= 0.6 is 11.8 Å². The lowest BCUT2D eigenvalue weighted by Crippen LogP contribution is -2.65. The summed E-state index contributed by atoms with van der Waals surface area (Å²) in [5.41, 5.74) is 0.736. The highest BCUT2D eigenvalue weighted by Crippen LogP contribution is 2.44. The van der Waals surface area contributed by atoms with Gasteiger partial charge in [-0.3, -0.25) is 4.79 Å². The molecule has 2 spiro atoms. The van der Waals surface area contributed by atoms with Crippen molar-refractivity contribution in [2.75, 3.05) is 48.4 Å². The maximum Gasteiger partial charge on any atom is 0.255 e. The zero-order valence-corrected chi connectivity index (χ0v) is 19.9. The van der Waals surface area contributed by atoms with E-state index in [-0.39, 0.29) is 17.9 Å². The monoisotopic (exact) mass is 484 g/mol. The van der Waals surface area contributed by atoms with Crippen LogP contribution in [0.5, 0.6) is 0 Å². The van der Waals surface area contributed by atoms with E-state index < -0.39 is 5.54 Å². The first kappa shape index (κ1) is 22.0. The molecular formula is C23H28N6O4S. The zero-order valence-electron chi connectivity index (χ0n) is 19.0. The first-order chi connectivity index (χ1) is 16.5. The third kappa shape index (κ3) is 3.71. The number of piperidine rings is 1. The van der Waals surface area contributed by atoms with Crippen molar-refractivity contribution < 1.29 is 19.4 Å². The van der Waals surface area contributed by atoms with Crippen molar-refractivity contribution in [2.45, 2.75) is 54.4 Å². The molecule has 1 amide bonds. The van der Waals surface area contributed by atoms with Crippen LogP contribution in [-0.4, -0.2) is 70.5 Å². The molecule has 6 heterocycles. The van der Waals surface area contributed by atoms with Crippen molar-refractivity contribution in [2.24, 2.45) is 5.41 Å². The largest absolute Gasteiger partial charge is 0.390 e. The lowest BCUT2D eigenvalue weighted by Gasteiger charge is -2.43. The topological polar surface area (TPSA) is 122 Å². The van der Waals surface area contributed by atoms with Crippen LogP contribution in [0, 0.1) is 5.41 Å². The number of aliphatic hydroxyl groups is 1. The molecule has 3 saturated heterocycles. The van der Waals surface area contributed by atoms with Gasteiger partial charge in [-0.2, -0.15) is 0 Å². The minimum atomic E-state index is -0.732. The third-order valence-electron chi connectivity index (χ3n) is 7.32. The van der Waals surface area contributed by atoms with Crippen LogP contribution in [0.1, 0.15) is 31.9 Å². The number of nitrogens with zero attached hydrogens (tertiary/aromatic N) is 4. The summed E-state index contributed by atoms with van der Waals surface area (Å²) in [5.74, 6) is 1.24. The lowest BCUT2D eigenvalue weighted by molar-refractivity contribution is -0.135. The second kappa shape index (κ2) is 8.33. The highest BCUT2D eigenvalue weighted by atomic mass is 32.2. The Hall–Kier alpha value is -2.47. The lowest BCUT2D eigenvalue weighted by atomic mass is 9.77. The average Bonchev–Trinajstić information content (AvgIpc) is 3.18. The van der Waals surface area contributed by atoms with Crippen LogP contribution in [0.2, 0.25) is 0 Å². The van der Waals surface area contributed by atoms with Crippen LogP contribution in [-0.2, 0) is 20.9 Å². The number of anilines is 3. The Kier molecular flexibility index (Phi) is 5.40. The number of carbonyl (C=O) groups excluding carboxylic acids is 1. The minimum absolute atomic E-state index is 0.122. The summed E-state index contributed by atoms with van der Waals surface area (Å²) in [4.78, 5) is 29.4. The molecule has 4 aliphatic rings. The van der Waals surface area contributed by atoms with E-state index in [0.717, 1.165) is 49.7 Å². The van der Waals surface area contributed by atoms with E-state index in [1.54, 1.807) is 12.4 Å². The van der Waals surface area contributed by atoms with Crippen LogP contribution < -0.4 is 15.5 Å². The number of rotatable bonds is 4. The van der Waals surface area contributed by atoms with Crippen molar-refractivity contribution >= 4 is 35.0 Å². The molecule has 11 heteroatoms. The predicted molar refractivity (Wildman–Crippen MR) is 126 cm³/mol. The summed E-state index contributed by atoms with van der Waals surface area (Å²) in [5, 5.41) is 16.9. The normalized spacial score (nSPS) is 24.5. The molecule has 0 aromatic carbocycles. The van der Waals surface area contributed by atoms with Gasteiger partial charge in [-0.25, -0.2) is 15.0 Å². The number of hydrogen-bond acceptors (Lipinski definition) is 10. The Labute approximate surface area is 201 Å². The Morgan fingerprint density at radius 1 is 1.26 bits per heavy atom. The molecule has 180 valence electrons. The number of amides is 1. The highest BCUT2D eigenvalue weighted by Gasteiger charge is 2.49. The number of aromatic nitrogens is 3. The standard InChI is InChI=1S/C23H28N6O4S/c1-14-8-22(11-33-14)3-6-29(7-4-22)20-15(10-30)26-17(9-25-20)34-16-2-5-24-19-18(16)27-21(31)23(28-19)12-32-13-23/h2,5,9,14,30H,3-4,6-8,10-13H2,1H3,(H,24,28)(H,27,31)/t14-/m0/s1. The first-order valence-electron chi connectivity index (χ1n) is 11.7. The van der Waals surface area contributed by atoms with Crippen molar-refractivity contribution in [3.8, 4) is 0 Å². The molecule has 34 heavy (non-hydrogen) atoms. The highest BCUT2D eigenvalue weighted by molar-refractivity contribution is 7.99. The zero-order chi connectivity index (χ0) is 23.3. The van der Waals surface area contributed by atoms with E-state index in [9.17, 15) is 9.90 Å². The molecular weight excluding hydrogens is 456 g/mol. The number of hydrogen-bond donors (Lipinski definition) is 3. The van der Waals surface area contributed by atoms with Gasteiger partial charge in [0, 0.05) is 24.2 Å². The Morgan fingerprint density at radius 2 is 2.09 bits per heavy atom. The third-order valence-corrected chi connectivity index (χ3v) is 8.29. The van der Waals surface area contributed by atoms with Gasteiger partial charge in [0.1, 0.15) is 10.7 Å². The van der Waals surface area contributed by atoms with E-state index in [0.29, 0.717) is 41.5 Å². The molecule has 1 atom stereocenters. The molecule has 2 aromatic heterocycles. The van der Waals surface area contributed by atoms with Gasteiger partial charge in [-0.05, 0) is 37.7 Å². The van der Waals surface area contributed by atoms with Crippen LogP contribution in [0.15, 0.2) is 28.4 Å². The summed E-state index contributed by atoms with van der Waals surface area (Å²) < 4.78 is 11.1.